The van der Waals surface area contributed by atoms with Crippen LogP contribution < -0.4 is 0 Å². The van der Waals surface area contributed by atoms with Gasteiger partial charge in [-0.3, -0.25) is 0 Å². The van der Waals surface area contributed by atoms with E-state index < -0.39 is 0 Å². The Morgan fingerprint density at radius 3 is 2.10 bits per heavy atom. The minimum absolute atomic E-state index is 0.425. The van der Waals surface area contributed by atoms with Gasteiger partial charge in [-0.2, -0.15) is 0 Å². The van der Waals surface area contributed by atoms with Gasteiger partial charge in [0.2, 0.25) is 0 Å². The molecule has 2 aliphatic carbocycles. The van der Waals surface area contributed by atoms with Crippen molar-refractivity contribution in [1.29, 1.82) is 0 Å². The molecule has 138 valence electrons. The molecule has 0 amide bonds. The van der Waals surface area contributed by atoms with Crippen LogP contribution in [0.25, 0.3) is 21.2 Å². The zero-order chi connectivity index (χ0) is 19.2. The summed E-state index contributed by atoms with van der Waals surface area (Å²) in [7, 11) is 0. The van der Waals surface area contributed by atoms with Crippen LogP contribution in [0.3, 0.4) is 0 Å². The number of thiophene rings is 1. The highest BCUT2D eigenvalue weighted by molar-refractivity contribution is 7.20. The van der Waals surface area contributed by atoms with E-state index in [1.54, 1.807) is 0 Å². The zero-order valence-electron chi connectivity index (χ0n) is 16.0. The second-order valence-corrected chi connectivity index (χ2v) is 8.71. The minimum atomic E-state index is 0.425. The lowest BCUT2D eigenvalue weighted by molar-refractivity contribution is 0.825. The summed E-state index contributed by atoms with van der Waals surface area (Å²) < 4.78 is 1.38. The number of hydrogen-bond acceptors (Lipinski definition) is 1. The van der Waals surface area contributed by atoms with E-state index in [-0.39, 0.29) is 0 Å². The van der Waals surface area contributed by atoms with Gasteiger partial charge >= 0.3 is 0 Å². The Kier molecular flexibility index (Phi) is 3.88. The predicted octanol–water partition coefficient (Wildman–Crippen LogP) is 7.84. The number of hydrogen-bond donors (Lipinski definition) is 0. The molecule has 29 heavy (non-hydrogen) atoms. The SMILES string of the molecule is C1=CCC2C(=C1)C(c1ccccc1)=C(c1ccccc1)c1sc3ccccc3c12. The molecule has 1 heteroatoms. The molecule has 0 spiro atoms. The zero-order valence-corrected chi connectivity index (χ0v) is 16.8. The van der Waals surface area contributed by atoms with Crippen molar-refractivity contribution in [1.82, 2.24) is 0 Å². The fourth-order valence-electron chi connectivity index (χ4n) is 4.81. The molecule has 0 bridgehead atoms. The maximum absolute atomic E-state index is 2.34. The molecule has 0 N–H and O–H groups in total. The van der Waals surface area contributed by atoms with Crippen molar-refractivity contribution in [2.75, 3.05) is 0 Å². The average molecular weight is 389 g/mol. The van der Waals surface area contributed by atoms with E-state index in [2.05, 4.69) is 103 Å². The molecule has 0 saturated heterocycles. The molecule has 3 aromatic carbocycles. The van der Waals surface area contributed by atoms with Crippen molar-refractivity contribution in [2.45, 2.75) is 12.3 Å². The van der Waals surface area contributed by atoms with Gasteiger partial charge < -0.3 is 0 Å². The van der Waals surface area contributed by atoms with Crippen LogP contribution in [0.15, 0.2) is 109 Å². The number of rotatable bonds is 2. The highest BCUT2D eigenvalue weighted by Gasteiger charge is 2.35. The van der Waals surface area contributed by atoms with Crippen LogP contribution in [0.4, 0.5) is 0 Å². The third kappa shape index (κ3) is 2.58. The van der Waals surface area contributed by atoms with Gasteiger partial charge in [0.15, 0.2) is 0 Å². The molecule has 2 aliphatic rings. The molecular formula is C28H20S. The first kappa shape index (κ1) is 16.8. The quantitative estimate of drug-likeness (QED) is 0.328. The molecule has 0 saturated carbocycles. The molecule has 1 heterocycles. The van der Waals surface area contributed by atoms with E-state index in [4.69, 9.17) is 0 Å². The Morgan fingerprint density at radius 1 is 0.690 bits per heavy atom. The fourth-order valence-corrected chi connectivity index (χ4v) is 6.15. The van der Waals surface area contributed by atoms with E-state index in [1.165, 1.54) is 48.4 Å². The largest absolute Gasteiger partial charge is 0.135 e. The molecule has 0 nitrogen and oxygen atoms in total. The Bertz CT molecular complexity index is 1300. The predicted molar refractivity (Wildman–Crippen MR) is 125 cm³/mol. The first-order valence-electron chi connectivity index (χ1n) is 10.2. The van der Waals surface area contributed by atoms with Crippen molar-refractivity contribution in [2.24, 2.45) is 0 Å². The van der Waals surface area contributed by atoms with Crippen LogP contribution in [0.1, 0.15) is 33.9 Å². The van der Waals surface area contributed by atoms with Gasteiger partial charge in [0.1, 0.15) is 0 Å². The van der Waals surface area contributed by atoms with E-state index in [1.807, 2.05) is 11.3 Å². The summed E-state index contributed by atoms with van der Waals surface area (Å²) in [6.07, 6.45) is 7.96. The second-order valence-electron chi connectivity index (χ2n) is 7.66. The number of fused-ring (bicyclic) bond motifs is 5. The van der Waals surface area contributed by atoms with Crippen molar-refractivity contribution in [3.63, 3.8) is 0 Å². The van der Waals surface area contributed by atoms with E-state index >= 15 is 0 Å². The standard InChI is InChI=1S/C28H20S/c1-3-11-19(12-4-1)25-21-15-7-8-16-22(21)27-23-17-9-10-18-24(23)29-28(27)26(25)20-13-5-2-6-14-20/h1-15,17-18,22H,16H2. The van der Waals surface area contributed by atoms with Crippen LogP contribution in [0, 0.1) is 0 Å². The molecule has 1 unspecified atom stereocenters. The van der Waals surface area contributed by atoms with E-state index in [9.17, 15) is 0 Å². The summed E-state index contributed by atoms with van der Waals surface area (Å²) in [6, 6.07) is 30.7. The molecule has 0 fully saturated rings. The highest BCUT2D eigenvalue weighted by Crippen LogP contribution is 2.55. The van der Waals surface area contributed by atoms with Crippen LogP contribution in [-0.4, -0.2) is 0 Å². The monoisotopic (exact) mass is 388 g/mol. The van der Waals surface area contributed by atoms with Gasteiger partial charge in [0.05, 0.1) is 0 Å². The average Bonchev–Trinajstić information content (AvgIpc) is 3.19. The second kappa shape index (κ2) is 6.72. The Hall–Kier alpha value is -3.16. The molecule has 1 aromatic heterocycles. The maximum atomic E-state index is 2.34. The Labute approximate surface area is 175 Å². The first-order valence-corrected chi connectivity index (χ1v) is 11.0. The van der Waals surface area contributed by atoms with Crippen LogP contribution in [-0.2, 0) is 0 Å². The van der Waals surface area contributed by atoms with Gasteiger partial charge in [0, 0.05) is 21.1 Å². The third-order valence-electron chi connectivity index (χ3n) is 6.03. The van der Waals surface area contributed by atoms with E-state index in [0.717, 1.165) is 6.42 Å². The smallest absolute Gasteiger partial charge is 0.0406 e. The molecular weight excluding hydrogens is 368 g/mol. The van der Waals surface area contributed by atoms with Crippen molar-refractivity contribution >= 4 is 32.6 Å². The summed E-state index contributed by atoms with van der Waals surface area (Å²) in [6.45, 7) is 0. The number of benzene rings is 3. The summed E-state index contributed by atoms with van der Waals surface area (Å²) in [5.74, 6) is 0.425. The number of allylic oxidation sites excluding steroid dienone is 5. The molecule has 6 rings (SSSR count). The van der Waals surface area contributed by atoms with Crippen LogP contribution >= 0.6 is 11.3 Å². The normalized spacial score (nSPS) is 17.8. The van der Waals surface area contributed by atoms with Crippen molar-refractivity contribution < 1.29 is 0 Å². The summed E-state index contributed by atoms with van der Waals surface area (Å²) in [4.78, 5) is 1.44. The summed E-state index contributed by atoms with van der Waals surface area (Å²) in [5.41, 5.74) is 8.35. The van der Waals surface area contributed by atoms with Crippen molar-refractivity contribution in [3.8, 4) is 0 Å². The molecule has 4 aromatic rings. The summed E-state index contributed by atoms with van der Waals surface area (Å²) in [5, 5.41) is 1.42. The third-order valence-corrected chi connectivity index (χ3v) is 7.24. The lowest BCUT2D eigenvalue weighted by Crippen LogP contribution is -2.14. The van der Waals surface area contributed by atoms with Gasteiger partial charge in [-0.25, -0.2) is 0 Å². The topological polar surface area (TPSA) is 0 Å². The Balaban J connectivity index is 1.78. The van der Waals surface area contributed by atoms with Gasteiger partial charge in [-0.05, 0) is 45.7 Å². The fraction of sp³-hybridized carbons (Fsp3) is 0.0714. The lowest BCUT2D eigenvalue weighted by atomic mass is 9.71. The maximum Gasteiger partial charge on any atom is 0.0406 e. The van der Waals surface area contributed by atoms with Gasteiger partial charge in [0.25, 0.3) is 0 Å². The summed E-state index contributed by atoms with van der Waals surface area (Å²) >= 11 is 1.95. The van der Waals surface area contributed by atoms with Crippen LogP contribution in [0.2, 0.25) is 0 Å². The van der Waals surface area contributed by atoms with E-state index in [0.29, 0.717) is 5.92 Å². The molecule has 0 aliphatic heterocycles. The lowest BCUT2D eigenvalue weighted by Gasteiger charge is -2.32. The van der Waals surface area contributed by atoms with Crippen LogP contribution in [0.5, 0.6) is 0 Å². The molecule has 1 atom stereocenters. The first-order chi connectivity index (χ1) is 14.4. The van der Waals surface area contributed by atoms with Gasteiger partial charge in [-0.15, -0.1) is 11.3 Å². The Morgan fingerprint density at radius 2 is 1.34 bits per heavy atom. The van der Waals surface area contributed by atoms with Crippen molar-refractivity contribution in [3.05, 3.63) is 130 Å². The minimum Gasteiger partial charge on any atom is -0.135 e. The van der Waals surface area contributed by atoms with Gasteiger partial charge in [-0.1, -0.05) is 97.1 Å². The molecule has 0 radical (unpaired) electrons. The highest BCUT2D eigenvalue weighted by atomic mass is 32.1.